The maximum atomic E-state index is 5.54. The second kappa shape index (κ2) is 5.91. The lowest BCUT2D eigenvalue weighted by atomic mass is 10.0. The molecule has 3 rings (SSSR count). The zero-order chi connectivity index (χ0) is 13.8. The lowest BCUT2D eigenvalue weighted by molar-refractivity contribution is 0.609. The third-order valence-corrected chi connectivity index (χ3v) is 3.66. The molecule has 0 bridgehead atoms. The van der Waals surface area contributed by atoms with Gasteiger partial charge in [-0.25, -0.2) is 0 Å². The minimum Gasteiger partial charge on any atom is -0.462 e. The lowest BCUT2D eigenvalue weighted by Crippen LogP contribution is -1.93. The molecule has 0 fully saturated rings. The van der Waals surface area contributed by atoms with Crippen molar-refractivity contribution in [2.75, 3.05) is 0 Å². The van der Waals surface area contributed by atoms with E-state index in [0.29, 0.717) is 0 Å². The predicted molar refractivity (Wildman–Crippen MR) is 81.9 cm³/mol. The fourth-order valence-corrected chi connectivity index (χ4v) is 2.48. The molecule has 2 aromatic heterocycles. The number of rotatable bonds is 5. The molecule has 102 valence electrons. The molecule has 0 spiro atoms. The first-order valence-corrected chi connectivity index (χ1v) is 7.25. The summed E-state index contributed by atoms with van der Waals surface area (Å²) >= 11 is 0. The summed E-state index contributed by atoms with van der Waals surface area (Å²) in [6.07, 6.45) is 8.06. The van der Waals surface area contributed by atoms with Gasteiger partial charge in [0.25, 0.3) is 0 Å². The molecule has 2 nitrogen and oxygen atoms in total. The first-order valence-electron chi connectivity index (χ1n) is 7.25. The van der Waals surface area contributed by atoms with E-state index in [-0.39, 0.29) is 0 Å². The third kappa shape index (κ3) is 2.74. The number of nitrogens with zero attached hydrogens (tertiary/aromatic N) is 1. The summed E-state index contributed by atoms with van der Waals surface area (Å²) in [6.45, 7) is 2.23. The van der Waals surface area contributed by atoms with Crippen LogP contribution in [0.25, 0.3) is 11.0 Å². The normalized spacial score (nSPS) is 11.1. The summed E-state index contributed by atoms with van der Waals surface area (Å²) in [5.74, 6) is 0. The highest BCUT2D eigenvalue weighted by atomic mass is 16.3. The molecule has 3 aromatic rings. The Hall–Kier alpha value is -2.09. The van der Waals surface area contributed by atoms with Gasteiger partial charge in [-0.3, -0.25) is 4.98 Å². The van der Waals surface area contributed by atoms with Crippen LogP contribution in [-0.2, 0) is 12.8 Å². The van der Waals surface area contributed by atoms with Gasteiger partial charge in [0.1, 0.15) is 0 Å². The zero-order valence-electron chi connectivity index (χ0n) is 11.8. The Morgan fingerprint density at radius 3 is 2.60 bits per heavy atom. The molecule has 2 heterocycles. The topological polar surface area (TPSA) is 26.0 Å². The molecule has 0 aliphatic carbocycles. The molecule has 20 heavy (non-hydrogen) atoms. The van der Waals surface area contributed by atoms with Gasteiger partial charge in [0.2, 0.25) is 0 Å². The summed E-state index contributed by atoms with van der Waals surface area (Å²) in [5, 5.41) is 1.12. The summed E-state index contributed by atoms with van der Waals surface area (Å²) in [7, 11) is 0. The van der Waals surface area contributed by atoms with Crippen LogP contribution in [0, 0.1) is 0 Å². The van der Waals surface area contributed by atoms with Gasteiger partial charge in [0.05, 0.1) is 12.0 Å². The molecule has 0 radical (unpaired) electrons. The molecule has 1 aromatic carbocycles. The molecule has 2 heteroatoms. The number of unbranched alkanes of at least 4 members (excludes halogenated alkanes) is 1. The first kappa shape index (κ1) is 12.9. The van der Waals surface area contributed by atoms with E-state index in [1.807, 2.05) is 18.3 Å². The van der Waals surface area contributed by atoms with Crippen molar-refractivity contribution in [2.45, 2.75) is 32.6 Å². The van der Waals surface area contributed by atoms with Crippen LogP contribution in [0.1, 0.15) is 36.6 Å². The van der Waals surface area contributed by atoms with Crippen molar-refractivity contribution in [3.8, 4) is 0 Å². The summed E-state index contributed by atoms with van der Waals surface area (Å²) in [4.78, 5) is 4.45. The van der Waals surface area contributed by atoms with E-state index in [9.17, 15) is 0 Å². The van der Waals surface area contributed by atoms with Gasteiger partial charge in [-0.2, -0.15) is 0 Å². The summed E-state index contributed by atoms with van der Waals surface area (Å²) in [5.41, 5.74) is 4.61. The summed E-state index contributed by atoms with van der Waals surface area (Å²) < 4.78 is 5.54. The standard InChI is InChI=1S/C18H19NO/c1-2-3-4-14-5-7-15(8-6-14)13-17-18-16(9-11-19-17)10-12-20-18/h5-12H,2-4,13H2,1H3. The highest BCUT2D eigenvalue weighted by Gasteiger charge is 2.06. The number of aromatic nitrogens is 1. The highest BCUT2D eigenvalue weighted by Crippen LogP contribution is 2.20. The molecular formula is C18H19NO. The van der Waals surface area contributed by atoms with Gasteiger partial charge in [-0.15, -0.1) is 0 Å². The Morgan fingerprint density at radius 2 is 1.80 bits per heavy atom. The van der Waals surface area contributed by atoms with Gasteiger partial charge in [-0.1, -0.05) is 37.6 Å². The van der Waals surface area contributed by atoms with Crippen LogP contribution in [0.2, 0.25) is 0 Å². The minimum absolute atomic E-state index is 0.818. The van der Waals surface area contributed by atoms with E-state index in [2.05, 4.69) is 36.2 Å². The second-order valence-corrected chi connectivity index (χ2v) is 5.19. The molecule has 0 saturated carbocycles. The fourth-order valence-electron chi connectivity index (χ4n) is 2.48. The molecule has 0 aliphatic heterocycles. The van der Waals surface area contributed by atoms with E-state index in [4.69, 9.17) is 4.42 Å². The van der Waals surface area contributed by atoms with Crippen molar-refractivity contribution in [2.24, 2.45) is 0 Å². The number of furan rings is 1. The predicted octanol–water partition coefficient (Wildman–Crippen LogP) is 4.76. The molecular weight excluding hydrogens is 246 g/mol. The maximum absolute atomic E-state index is 5.54. The Balaban J connectivity index is 1.79. The largest absolute Gasteiger partial charge is 0.462 e. The number of hydrogen-bond donors (Lipinski definition) is 0. The van der Waals surface area contributed by atoms with Gasteiger partial charge >= 0.3 is 0 Å². The number of fused-ring (bicyclic) bond motifs is 1. The monoisotopic (exact) mass is 265 g/mol. The smallest absolute Gasteiger partial charge is 0.155 e. The molecule has 0 saturated heterocycles. The maximum Gasteiger partial charge on any atom is 0.155 e. The zero-order valence-corrected chi connectivity index (χ0v) is 11.8. The van der Waals surface area contributed by atoms with E-state index < -0.39 is 0 Å². The number of hydrogen-bond acceptors (Lipinski definition) is 2. The minimum atomic E-state index is 0.818. The van der Waals surface area contributed by atoms with Gasteiger partial charge in [0.15, 0.2) is 5.58 Å². The molecule has 0 atom stereocenters. The SMILES string of the molecule is CCCCc1ccc(Cc2nccc3ccoc23)cc1. The van der Waals surface area contributed by atoms with Crippen LogP contribution in [0.5, 0.6) is 0 Å². The molecule has 0 unspecified atom stereocenters. The number of benzene rings is 1. The average Bonchev–Trinajstić information content (AvgIpc) is 2.96. The van der Waals surface area contributed by atoms with E-state index in [0.717, 1.165) is 23.1 Å². The van der Waals surface area contributed by atoms with Crippen LogP contribution < -0.4 is 0 Å². The average molecular weight is 265 g/mol. The summed E-state index contributed by atoms with van der Waals surface area (Å²) in [6, 6.07) is 12.8. The second-order valence-electron chi connectivity index (χ2n) is 5.19. The van der Waals surface area contributed by atoms with Crippen LogP contribution >= 0.6 is 0 Å². The molecule has 0 aliphatic rings. The van der Waals surface area contributed by atoms with Gasteiger partial charge < -0.3 is 4.42 Å². The number of pyridine rings is 1. The Kier molecular flexibility index (Phi) is 3.82. The van der Waals surface area contributed by atoms with E-state index in [1.165, 1.54) is 30.4 Å². The Bertz CT molecular complexity index is 682. The number of aryl methyl sites for hydroxylation is 1. The Morgan fingerprint density at radius 1 is 1.00 bits per heavy atom. The molecule has 0 N–H and O–H groups in total. The quantitative estimate of drug-likeness (QED) is 0.664. The van der Waals surface area contributed by atoms with Crippen molar-refractivity contribution in [1.29, 1.82) is 0 Å². The van der Waals surface area contributed by atoms with Crippen LogP contribution in [0.15, 0.2) is 53.3 Å². The van der Waals surface area contributed by atoms with Crippen LogP contribution in [0.4, 0.5) is 0 Å². The Labute approximate surface area is 119 Å². The van der Waals surface area contributed by atoms with Gasteiger partial charge in [-0.05, 0) is 36.1 Å². The highest BCUT2D eigenvalue weighted by molar-refractivity contribution is 5.78. The van der Waals surface area contributed by atoms with Crippen LogP contribution in [-0.4, -0.2) is 4.98 Å². The third-order valence-electron chi connectivity index (χ3n) is 3.66. The molecule has 0 amide bonds. The van der Waals surface area contributed by atoms with E-state index >= 15 is 0 Å². The van der Waals surface area contributed by atoms with Crippen LogP contribution in [0.3, 0.4) is 0 Å². The van der Waals surface area contributed by atoms with Gasteiger partial charge in [0, 0.05) is 18.0 Å². The van der Waals surface area contributed by atoms with Crippen molar-refractivity contribution >= 4 is 11.0 Å². The lowest BCUT2D eigenvalue weighted by Gasteiger charge is -2.04. The first-order chi connectivity index (χ1) is 9.86. The van der Waals surface area contributed by atoms with E-state index in [1.54, 1.807) is 6.26 Å². The fraction of sp³-hybridized carbons (Fsp3) is 0.278. The van der Waals surface area contributed by atoms with Crippen molar-refractivity contribution in [3.63, 3.8) is 0 Å². The van der Waals surface area contributed by atoms with Crippen molar-refractivity contribution in [1.82, 2.24) is 4.98 Å². The van der Waals surface area contributed by atoms with Crippen molar-refractivity contribution in [3.05, 3.63) is 65.7 Å². The van der Waals surface area contributed by atoms with Crippen molar-refractivity contribution < 1.29 is 4.42 Å².